The quantitative estimate of drug-likeness (QED) is 0.760. The monoisotopic (exact) mass is 235 g/mol. The van der Waals surface area contributed by atoms with E-state index < -0.39 is 0 Å². The molecule has 96 valence electrons. The number of hydrogen-bond donors (Lipinski definition) is 1. The third-order valence-electron chi connectivity index (χ3n) is 2.58. The van der Waals surface area contributed by atoms with Crippen LogP contribution >= 0.6 is 0 Å². The van der Waals surface area contributed by atoms with Gasteiger partial charge in [-0.25, -0.2) is 0 Å². The predicted octanol–water partition coefficient (Wildman–Crippen LogP) is 4.32. The Bertz CT molecular complexity index is 322. The van der Waals surface area contributed by atoms with Crippen LogP contribution in [0.4, 0.5) is 5.69 Å². The maximum absolute atomic E-state index is 5.73. The molecule has 0 saturated heterocycles. The lowest BCUT2D eigenvalue weighted by molar-refractivity contribution is 0.318. The van der Waals surface area contributed by atoms with Crippen LogP contribution in [-0.2, 0) is 0 Å². The molecule has 0 fully saturated rings. The van der Waals surface area contributed by atoms with Gasteiger partial charge >= 0.3 is 0 Å². The van der Waals surface area contributed by atoms with E-state index in [0.717, 1.165) is 24.5 Å². The summed E-state index contributed by atoms with van der Waals surface area (Å²) in [5, 5.41) is 3.53. The van der Waals surface area contributed by atoms with Gasteiger partial charge in [-0.15, -0.1) is 0 Å². The number of para-hydroxylation sites is 2. The van der Waals surface area contributed by atoms with Crippen molar-refractivity contribution in [1.29, 1.82) is 0 Å². The Morgan fingerprint density at radius 3 is 2.53 bits per heavy atom. The third kappa shape index (κ3) is 5.12. The lowest BCUT2D eigenvalue weighted by Crippen LogP contribution is -2.18. The van der Waals surface area contributed by atoms with Crippen LogP contribution in [0.25, 0.3) is 0 Å². The van der Waals surface area contributed by atoms with E-state index in [1.165, 1.54) is 6.42 Å². The molecule has 1 rings (SSSR count). The second-order valence-electron chi connectivity index (χ2n) is 5.02. The first-order chi connectivity index (χ1) is 8.13. The lowest BCUT2D eigenvalue weighted by Gasteiger charge is -2.19. The Kier molecular flexibility index (Phi) is 5.88. The molecule has 17 heavy (non-hydrogen) atoms. The molecule has 0 spiro atoms. The summed E-state index contributed by atoms with van der Waals surface area (Å²) in [6.45, 7) is 9.61. The van der Waals surface area contributed by atoms with Crippen molar-refractivity contribution >= 4 is 5.69 Å². The standard InChI is InChI=1S/C15H25NO/c1-5-10-17-15-9-7-6-8-14(15)16-13(4)11-12(2)3/h6-9,12-13,16H,5,10-11H2,1-4H3. The smallest absolute Gasteiger partial charge is 0.142 e. The summed E-state index contributed by atoms with van der Waals surface area (Å²) < 4.78 is 5.73. The Morgan fingerprint density at radius 1 is 1.18 bits per heavy atom. The van der Waals surface area contributed by atoms with Gasteiger partial charge in [0.2, 0.25) is 0 Å². The highest BCUT2D eigenvalue weighted by Crippen LogP contribution is 2.25. The number of hydrogen-bond acceptors (Lipinski definition) is 2. The van der Waals surface area contributed by atoms with Crippen molar-refractivity contribution < 1.29 is 4.74 Å². The number of benzene rings is 1. The average molecular weight is 235 g/mol. The first-order valence-corrected chi connectivity index (χ1v) is 6.61. The Labute approximate surface area is 105 Å². The van der Waals surface area contributed by atoms with Crippen LogP contribution in [0.3, 0.4) is 0 Å². The van der Waals surface area contributed by atoms with E-state index in [-0.39, 0.29) is 0 Å². The highest BCUT2D eigenvalue weighted by atomic mass is 16.5. The molecular formula is C15H25NO. The van der Waals surface area contributed by atoms with Crippen molar-refractivity contribution in [1.82, 2.24) is 0 Å². The summed E-state index contributed by atoms with van der Waals surface area (Å²) in [7, 11) is 0. The van der Waals surface area contributed by atoms with Gasteiger partial charge in [-0.1, -0.05) is 32.9 Å². The first kappa shape index (κ1) is 13.9. The number of rotatable bonds is 7. The zero-order valence-electron chi connectivity index (χ0n) is 11.5. The van der Waals surface area contributed by atoms with E-state index in [0.29, 0.717) is 12.0 Å². The third-order valence-corrected chi connectivity index (χ3v) is 2.58. The summed E-state index contributed by atoms with van der Waals surface area (Å²) in [6, 6.07) is 8.65. The van der Waals surface area contributed by atoms with Gasteiger partial charge in [-0.3, -0.25) is 0 Å². The first-order valence-electron chi connectivity index (χ1n) is 6.61. The van der Waals surface area contributed by atoms with Gasteiger partial charge in [0.05, 0.1) is 12.3 Å². The van der Waals surface area contributed by atoms with Crippen LogP contribution in [-0.4, -0.2) is 12.6 Å². The van der Waals surface area contributed by atoms with Crippen LogP contribution in [0.15, 0.2) is 24.3 Å². The van der Waals surface area contributed by atoms with Crippen molar-refractivity contribution in [2.24, 2.45) is 5.92 Å². The summed E-state index contributed by atoms with van der Waals surface area (Å²) in [4.78, 5) is 0. The van der Waals surface area contributed by atoms with Gasteiger partial charge < -0.3 is 10.1 Å². The van der Waals surface area contributed by atoms with Crippen LogP contribution < -0.4 is 10.1 Å². The number of anilines is 1. The summed E-state index contributed by atoms with van der Waals surface area (Å²) in [5.41, 5.74) is 1.11. The van der Waals surface area contributed by atoms with Crippen LogP contribution in [0.1, 0.15) is 40.5 Å². The molecule has 0 aliphatic rings. The van der Waals surface area contributed by atoms with Gasteiger partial charge in [0, 0.05) is 6.04 Å². The largest absolute Gasteiger partial charge is 0.491 e. The summed E-state index contributed by atoms with van der Waals surface area (Å²) >= 11 is 0. The zero-order chi connectivity index (χ0) is 12.7. The molecule has 0 radical (unpaired) electrons. The van der Waals surface area contributed by atoms with E-state index in [4.69, 9.17) is 4.74 Å². The topological polar surface area (TPSA) is 21.3 Å². The van der Waals surface area contributed by atoms with Crippen LogP contribution in [0.2, 0.25) is 0 Å². The molecule has 0 saturated carbocycles. The maximum Gasteiger partial charge on any atom is 0.142 e. The fraction of sp³-hybridized carbons (Fsp3) is 0.600. The second-order valence-corrected chi connectivity index (χ2v) is 5.02. The SMILES string of the molecule is CCCOc1ccccc1NC(C)CC(C)C. The number of ether oxygens (including phenoxy) is 1. The van der Waals surface area contributed by atoms with Crippen molar-refractivity contribution in [2.45, 2.75) is 46.6 Å². The predicted molar refractivity (Wildman–Crippen MR) is 74.8 cm³/mol. The van der Waals surface area contributed by atoms with Crippen molar-refractivity contribution in [3.63, 3.8) is 0 Å². The van der Waals surface area contributed by atoms with E-state index in [1.54, 1.807) is 0 Å². The minimum absolute atomic E-state index is 0.473. The molecule has 1 aromatic rings. The van der Waals surface area contributed by atoms with Gasteiger partial charge in [0.1, 0.15) is 5.75 Å². The molecule has 2 nitrogen and oxygen atoms in total. The second kappa shape index (κ2) is 7.21. The van der Waals surface area contributed by atoms with Crippen molar-refractivity contribution in [3.05, 3.63) is 24.3 Å². The van der Waals surface area contributed by atoms with E-state index in [2.05, 4.69) is 39.1 Å². The molecule has 2 heteroatoms. The molecule has 0 amide bonds. The van der Waals surface area contributed by atoms with Gasteiger partial charge in [-0.05, 0) is 37.8 Å². The van der Waals surface area contributed by atoms with E-state index in [1.807, 2.05) is 18.2 Å². The molecule has 0 heterocycles. The Morgan fingerprint density at radius 2 is 1.88 bits per heavy atom. The molecule has 1 aromatic carbocycles. The van der Waals surface area contributed by atoms with E-state index >= 15 is 0 Å². The molecule has 0 bridgehead atoms. The lowest BCUT2D eigenvalue weighted by atomic mass is 10.1. The highest BCUT2D eigenvalue weighted by molar-refractivity contribution is 5.56. The summed E-state index contributed by atoms with van der Waals surface area (Å²) in [6.07, 6.45) is 2.21. The van der Waals surface area contributed by atoms with Gasteiger partial charge in [0.25, 0.3) is 0 Å². The normalized spacial score (nSPS) is 12.5. The molecule has 0 aliphatic carbocycles. The average Bonchev–Trinajstić information content (AvgIpc) is 2.26. The Hall–Kier alpha value is -1.18. The molecule has 1 N–H and O–H groups in total. The van der Waals surface area contributed by atoms with Gasteiger partial charge in [0.15, 0.2) is 0 Å². The molecule has 1 unspecified atom stereocenters. The number of nitrogens with one attached hydrogen (secondary N) is 1. The minimum atomic E-state index is 0.473. The molecule has 0 aromatic heterocycles. The fourth-order valence-corrected chi connectivity index (χ4v) is 1.96. The molecule has 0 aliphatic heterocycles. The van der Waals surface area contributed by atoms with Crippen LogP contribution in [0, 0.1) is 5.92 Å². The fourth-order valence-electron chi connectivity index (χ4n) is 1.96. The van der Waals surface area contributed by atoms with E-state index in [9.17, 15) is 0 Å². The van der Waals surface area contributed by atoms with Gasteiger partial charge in [-0.2, -0.15) is 0 Å². The highest BCUT2D eigenvalue weighted by Gasteiger charge is 2.08. The Balaban J connectivity index is 2.62. The minimum Gasteiger partial charge on any atom is -0.491 e. The zero-order valence-corrected chi connectivity index (χ0v) is 11.5. The van der Waals surface area contributed by atoms with Crippen LogP contribution in [0.5, 0.6) is 5.75 Å². The molecule has 1 atom stereocenters. The van der Waals surface area contributed by atoms with Crippen molar-refractivity contribution in [2.75, 3.05) is 11.9 Å². The summed E-state index contributed by atoms with van der Waals surface area (Å²) in [5.74, 6) is 1.67. The molecular weight excluding hydrogens is 210 g/mol. The van der Waals surface area contributed by atoms with Crippen molar-refractivity contribution in [3.8, 4) is 5.75 Å². The maximum atomic E-state index is 5.73.